The molecule has 0 saturated carbocycles. The highest BCUT2D eigenvalue weighted by Gasteiger charge is 2.50. The fourth-order valence-corrected chi connectivity index (χ4v) is 8.10. The second-order valence-electron chi connectivity index (χ2n) is 6.75. The van der Waals surface area contributed by atoms with Gasteiger partial charge in [-0.15, -0.1) is 0 Å². The molecule has 0 aliphatic heterocycles. The highest BCUT2D eigenvalue weighted by Crippen LogP contribution is 2.37. The van der Waals surface area contributed by atoms with E-state index in [9.17, 15) is 0 Å². The Kier molecular flexibility index (Phi) is 5.64. The van der Waals surface area contributed by atoms with E-state index in [1.54, 1.807) is 0 Å². The van der Waals surface area contributed by atoms with E-state index in [0.717, 1.165) is 5.33 Å². The fourth-order valence-electron chi connectivity index (χ4n) is 3.02. The van der Waals surface area contributed by atoms with Crippen LogP contribution in [0.1, 0.15) is 27.7 Å². The normalized spacial score (nSPS) is 13.9. The van der Waals surface area contributed by atoms with Crippen molar-refractivity contribution in [2.24, 2.45) is 0 Å². The zero-order chi connectivity index (χ0) is 16.2. The Morgan fingerprint density at radius 1 is 0.909 bits per heavy atom. The summed E-state index contributed by atoms with van der Waals surface area (Å²) in [4.78, 5) is 0. The summed E-state index contributed by atoms with van der Waals surface area (Å²) in [6, 6.07) is 21.5. The minimum Gasteiger partial charge on any atom is -0.404 e. The minimum atomic E-state index is -2.36. The van der Waals surface area contributed by atoms with Crippen molar-refractivity contribution in [3.63, 3.8) is 0 Å². The Morgan fingerprint density at radius 3 is 1.64 bits per heavy atom. The van der Waals surface area contributed by atoms with E-state index in [4.69, 9.17) is 4.43 Å². The standard InChI is InChI=1S/C19H25BrOSi/c1-16(15-20)21-22(19(2,3)4,17-11-7-5-8-12-17)18-13-9-6-10-14-18/h5-14,16H,15H2,1-4H3. The molecule has 0 fully saturated rings. The molecule has 0 radical (unpaired) electrons. The lowest BCUT2D eigenvalue weighted by molar-refractivity contribution is 0.231. The van der Waals surface area contributed by atoms with Gasteiger partial charge in [0.25, 0.3) is 8.32 Å². The van der Waals surface area contributed by atoms with Gasteiger partial charge in [0.1, 0.15) is 0 Å². The van der Waals surface area contributed by atoms with Crippen LogP contribution in [0.25, 0.3) is 0 Å². The van der Waals surface area contributed by atoms with Gasteiger partial charge in [-0.3, -0.25) is 0 Å². The van der Waals surface area contributed by atoms with E-state index in [1.165, 1.54) is 10.4 Å². The van der Waals surface area contributed by atoms with Gasteiger partial charge in [-0.25, -0.2) is 0 Å². The van der Waals surface area contributed by atoms with Crippen LogP contribution in [-0.4, -0.2) is 19.8 Å². The topological polar surface area (TPSA) is 9.23 Å². The van der Waals surface area contributed by atoms with Gasteiger partial charge in [-0.1, -0.05) is 97.4 Å². The number of rotatable bonds is 5. The SMILES string of the molecule is CC(CBr)O[Si](c1ccccc1)(c1ccccc1)C(C)(C)C. The van der Waals surface area contributed by atoms with Gasteiger partial charge < -0.3 is 4.43 Å². The maximum atomic E-state index is 6.82. The lowest BCUT2D eigenvalue weighted by Gasteiger charge is -2.44. The lowest BCUT2D eigenvalue weighted by Crippen LogP contribution is -2.67. The number of alkyl halides is 1. The second-order valence-corrected chi connectivity index (χ2v) is 11.6. The van der Waals surface area contributed by atoms with Crippen molar-refractivity contribution < 1.29 is 4.43 Å². The van der Waals surface area contributed by atoms with Crippen LogP contribution >= 0.6 is 15.9 Å². The van der Waals surface area contributed by atoms with Gasteiger partial charge >= 0.3 is 0 Å². The fraction of sp³-hybridized carbons (Fsp3) is 0.368. The van der Waals surface area contributed by atoms with E-state index in [2.05, 4.69) is 104 Å². The molecule has 2 aromatic rings. The molecule has 0 saturated heterocycles. The molecule has 0 N–H and O–H groups in total. The van der Waals surface area contributed by atoms with Gasteiger partial charge in [0, 0.05) is 5.33 Å². The first-order valence-corrected chi connectivity index (χ1v) is 10.8. The third-order valence-electron chi connectivity index (χ3n) is 4.01. The quantitative estimate of drug-likeness (QED) is 0.556. The second kappa shape index (κ2) is 7.11. The van der Waals surface area contributed by atoms with Crippen LogP contribution in [0.2, 0.25) is 5.04 Å². The highest BCUT2D eigenvalue weighted by molar-refractivity contribution is 9.09. The van der Waals surface area contributed by atoms with Crippen LogP contribution in [-0.2, 0) is 4.43 Å². The van der Waals surface area contributed by atoms with Gasteiger partial charge in [0.2, 0.25) is 0 Å². The van der Waals surface area contributed by atoms with E-state index in [0.29, 0.717) is 0 Å². The molecule has 2 rings (SSSR count). The van der Waals surface area contributed by atoms with E-state index >= 15 is 0 Å². The van der Waals surface area contributed by atoms with E-state index in [1.807, 2.05) is 0 Å². The summed E-state index contributed by atoms with van der Waals surface area (Å²) in [7, 11) is -2.36. The Hall–Kier alpha value is -0.903. The molecule has 118 valence electrons. The molecule has 0 bridgehead atoms. The molecule has 1 unspecified atom stereocenters. The first-order chi connectivity index (χ1) is 10.4. The van der Waals surface area contributed by atoms with Crippen LogP contribution in [0.5, 0.6) is 0 Å². The summed E-state index contributed by atoms with van der Waals surface area (Å²) in [6.45, 7) is 9.06. The smallest absolute Gasteiger partial charge is 0.261 e. The maximum Gasteiger partial charge on any atom is 0.261 e. The molecule has 0 aliphatic carbocycles. The van der Waals surface area contributed by atoms with E-state index < -0.39 is 8.32 Å². The molecule has 2 aromatic carbocycles. The maximum absolute atomic E-state index is 6.82. The minimum absolute atomic E-state index is 0.0478. The molecule has 1 nitrogen and oxygen atoms in total. The zero-order valence-corrected chi connectivity index (χ0v) is 16.4. The first-order valence-electron chi connectivity index (χ1n) is 7.76. The van der Waals surface area contributed by atoms with Gasteiger partial charge in [-0.2, -0.15) is 0 Å². The van der Waals surface area contributed by atoms with Crippen LogP contribution in [0.15, 0.2) is 60.7 Å². The molecule has 22 heavy (non-hydrogen) atoms. The summed E-state index contributed by atoms with van der Waals surface area (Å²) in [5.74, 6) is 0. The summed E-state index contributed by atoms with van der Waals surface area (Å²) < 4.78 is 6.82. The van der Waals surface area contributed by atoms with Crippen LogP contribution < -0.4 is 10.4 Å². The molecule has 0 aromatic heterocycles. The van der Waals surface area contributed by atoms with Gasteiger partial charge in [0.05, 0.1) is 6.10 Å². The molecular formula is C19H25BrOSi. The third kappa shape index (κ3) is 3.37. The predicted octanol–water partition coefficient (Wildman–Crippen LogP) is 4.35. The summed E-state index contributed by atoms with van der Waals surface area (Å²) in [5, 5.41) is 3.56. The number of hydrogen-bond donors (Lipinski definition) is 0. The van der Waals surface area contributed by atoms with Crippen LogP contribution in [0.4, 0.5) is 0 Å². The monoisotopic (exact) mass is 376 g/mol. The van der Waals surface area contributed by atoms with Crippen molar-refractivity contribution in [1.82, 2.24) is 0 Å². The Labute approximate surface area is 144 Å². The molecular weight excluding hydrogens is 352 g/mol. The van der Waals surface area contributed by atoms with Gasteiger partial charge in [0.15, 0.2) is 0 Å². The van der Waals surface area contributed by atoms with Crippen LogP contribution in [0, 0.1) is 0 Å². The number of benzene rings is 2. The third-order valence-corrected chi connectivity index (χ3v) is 10.1. The summed E-state index contributed by atoms with van der Waals surface area (Å²) >= 11 is 3.58. The van der Waals surface area contributed by atoms with Gasteiger partial charge in [-0.05, 0) is 22.3 Å². The average Bonchev–Trinajstić information content (AvgIpc) is 2.52. The molecule has 0 spiro atoms. The van der Waals surface area contributed by atoms with Crippen molar-refractivity contribution in [2.45, 2.75) is 38.8 Å². The lowest BCUT2D eigenvalue weighted by atomic mass is 10.2. The summed E-state index contributed by atoms with van der Waals surface area (Å²) in [6.07, 6.45) is 0.173. The predicted molar refractivity (Wildman–Crippen MR) is 102 cm³/mol. The Morgan fingerprint density at radius 2 is 1.32 bits per heavy atom. The van der Waals surface area contributed by atoms with Crippen molar-refractivity contribution in [2.75, 3.05) is 5.33 Å². The Bertz CT molecular complexity index is 538. The molecule has 3 heteroatoms. The first kappa shape index (κ1) is 17.5. The number of hydrogen-bond acceptors (Lipinski definition) is 1. The van der Waals surface area contributed by atoms with Crippen molar-refractivity contribution >= 4 is 34.6 Å². The summed E-state index contributed by atoms with van der Waals surface area (Å²) in [5.41, 5.74) is 0. The zero-order valence-electron chi connectivity index (χ0n) is 13.8. The molecule has 1 atom stereocenters. The van der Waals surface area contributed by atoms with E-state index in [-0.39, 0.29) is 11.1 Å². The average molecular weight is 377 g/mol. The highest BCUT2D eigenvalue weighted by atomic mass is 79.9. The Balaban J connectivity index is 2.70. The van der Waals surface area contributed by atoms with Crippen molar-refractivity contribution in [1.29, 1.82) is 0 Å². The van der Waals surface area contributed by atoms with Crippen molar-refractivity contribution in [3.05, 3.63) is 60.7 Å². The van der Waals surface area contributed by atoms with Crippen molar-refractivity contribution in [3.8, 4) is 0 Å². The number of halogens is 1. The van der Waals surface area contributed by atoms with Crippen LogP contribution in [0.3, 0.4) is 0 Å². The largest absolute Gasteiger partial charge is 0.404 e. The molecule has 0 heterocycles. The molecule has 0 amide bonds. The molecule has 0 aliphatic rings.